The number of furan rings is 1. The van der Waals surface area contributed by atoms with Crippen LogP contribution in [0.3, 0.4) is 0 Å². The number of hydrogen-bond acceptors (Lipinski definition) is 5. The van der Waals surface area contributed by atoms with Gasteiger partial charge >= 0.3 is 5.97 Å². The molecule has 0 spiro atoms. The first-order valence-electron chi connectivity index (χ1n) is 6.96. The zero-order valence-corrected chi connectivity index (χ0v) is 12.7. The van der Waals surface area contributed by atoms with E-state index in [9.17, 15) is 9.59 Å². The molecule has 118 valence electrons. The van der Waals surface area contributed by atoms with Crippen molar-refractivity contribution in [1.82, 2.24) is 4.98 Å². The summed E-state index contributed by atoms with van der Waals surface area (Å²) < 4.78 is 15.0. The zero-order chi connectivity index (χ0) is 16.4. The number of hydrogen-bond donors (Lipinski definition) is 1. The molecule has 0 aliphatic heterocycles. The van der Waals surface area contributed by atoms with Crippen LogP contribution in [0.1, 0.15) is 17.0 Å². The molecule has 0 unspecified atom stereocenters. The Labute approximate surface area is 132 Å². The maximum Gasteiger partial charge on any atom is 0.313 e. The van der Waals surface area contributed by atoms with Crippen LogP contribution in [0, 0.1) is 0 Å². The number of aromatic amines is 1. The first-order valence-corrected chi connectivity index (χ1v) is 6.96. The molecule has 6 nitrogen and oxygen atoms in total. The van der Waals surface area contributed by atoms with Gasteiger partial charge in [-0.3, -0.25) is 9.59 Å². The third kappa shape index (κ3) is 2.83. The molecular formula is C17H15NO5. The van der Waals surface area contributed by atoms with Gasteiger partial charge in [0, 0.05) is 28.2 Å². The fraction of sp³-hybridized carbons (Fsp3) is 0.176. The van der Waals surface area contributed by atoms with Crippen LogP contribution in [0.25, 0.3) is 22.0 Å². The zero-order valence-electron chi connectivity index (χ0n) is 12.7. The Balaban J connectivity index is 1.94. The van der Waals surface area contributed by atoms with Crippen molar-refractivity contribution in [2.24, 2.45) is 0 Å². The number of Topliss-reactive ketones (excluding diaryl/α,β-unsaturated/α-hetero) is 1. The van der Waals surface area contributed by atoms with Gasteiger partial charge in [-0.15, -0.1) is 0 Å². The highest BCUT2D eigenvalue weighted by atomic mass is 16.5. The number of ether oxygens (including phenoxy) is 2. The molecule has 0 aliphatic carbocycles. The lowest BCUT2D eigenvalue weighted by molar-refractivity contribution is -0.139. The molecule has 2 heterocycles. The highest BCUT2D eigenvalue weighted by Crippen LogP contribution is 2.32. The van der Waals surface area contributed by atoms with E-state index in [0.29, 0.717) is 0 Å². The summed E-state index contributed by atoms with van der Waals surface area (Å²) in [5.74, 6) is -0.142. The predicted molar refractivity (Wildman–Crippen MR) is 83.5 cm³/mol. The summed E-state index contributed by atoms with van der Waals surface area (Å²) in [5.41, 5.74) is 2.59. The Hall–Kier alpha value is -3.02. The Bertz CT molecular complexity index is 874. The van der Waals surface area contributed by atoms with E-state index in [1.807, 2.05) is 24.4 Å². The number of esters is 1. The minimum atomic E-state index is -0.593. The molecule has 0 atom stereocenters. The molecule has 0 saturated heterocycles. The van der Waals surface area contributed by atoms with Crippen molar-refractivity contribution in [2.75, 3.05) is 14.2 Å². The minimum absolute atomic E-state index is 0.127. The van der Waals surface area contributed by atoms with E-state index in [1.54, 1.807) is 13.2 Å². The van der Waals surface area contributed by atoms with Crippen molar-refractivity contribution in [2.45, 2.75) is 6.42 Å². The van der Waals surface area contributed by atoms with E-state index < -0.39 is 11.8 Å². The third-order valence-corrected chi connectivity index (χ3v) is 3.61. The molecule has 0 bridgehead atoms. The topological polar surface area (TPSA) is 81.5 Å². The molecule has 2 aromatic heterocycles. The molecule has 1 aromatic carbocycles. The lowest BCUT2D eigenvalue weighted by Crippen LogP contribution is -2.08. The van der Waals surface area contributed by atoms with Crippen molar-refractivity contribution in [3.63, 3.8) is 0 Å². The van der Waals surface area contributed by atoms with Gasteiger partial charge in [-0.1, -0.05) is 0 Å². The quantitative estimate of drug-likeness (QED) is 0.444. The van der Waals surface area contributed by atoms with Crippen LogP contribution in [0.4, 0.5) is 0 Å². The van der Waals surface area contributed by atoms with Crippen LogP contribution >= 0.6 is 0 Å². The number of rotatable bonds is 5. The van der Waals surface area contributed by atoms with Crippen LogP contribution in [-0.4, -0.2) is 31.0 Å². The summed E-state index contributed by atoms with van der Waals surface area (Å²) in [6.07, 6.45) is 2.99. The van der Waals surface area contributed by atoms with E-state index in [1.165, 1.54) is 13.4 Å². The Kier molecular flexibility index (Phi) is 3.89. The monoisotopic (exact) mass is 313 g/mol. The van der Waals surface area contributed by atoms with Gasteiger partial charge in [-0.25, -0.2) is 0 Å². The fourth-order valence-electron chi connectivity index (χ4n) is 2.38. The number of carbonyl (C=O) groups excluding carboxylic acids is 2. The summed E-state index contributed by atoms with van der Waals surface area (Å²) in [4.78, 5) is 26.3. The van der Waals surface area contributed by atoms with Gasteiger partial charge in [0.15, 0.2) is 5.76 Å². The maximum atomic E-state index is 11.9. The van der Waals surface area contributed by atoms with Crippen LogP contribution in [0.15, 0.2) is 41.1 Å². The number of H-pyrrole nitrogens is 1. The number of benzene rings is 1. The van der Waals surface area contributed by atoms with Crippen molar-refractivity contribution in [3.8, 4) is 16.9 Å². The number of fused-ring (bicyclic) bond motifs is 1. The van der Waals surface area contributed by atoms with Gasteiger partial charge in [0.05, 0.1) is 20.5 Å². The lowest BCUT2D eigenvalue weighted by atomic mass is 10.1. The molecule has 6 heteroatoms. The maximum absolute atomic E-state index is 11.9. The molecule has 0 fully saturated rings. The fourth-order valence-corrected chi connectivity index (χ4v) is 2.38. The van der Waals surface area contributed by atoms with Gasteiger partial charge in [0.1, 0.15) is 12.2 Å². The third-order valence-electron chi connectivity index (χ3n) is 3.61. The highest BCUT2D eigenvalue weighted by molar-refractivity contribution is 6.05. The van der Waals surface area contributed by atoms with E-state index in [-0.39, 0.29) is 12.2 Å². The molecule has 23 heavy (non-hydrogen) atoms. The van der Waals surface area contributed by atoms with Gasteiger partial charge in [0.25, 0.3) is 0 Å². The number of aromatic nitrogens is 1. The van der Waals surface area contributed by atoms with Crippen LogP contribution in [-0.2, 0) is 9.53 Å². The molecular weight excluding hydrogens is 298 g/mol. The molecule has 3 aromatic rings. The first-order chi connectivity index (χ1) is 11.1. The summed E-state index contributed by atoms with van der Waals surface area (Å²) in [5, 5.41) is 0.956. The van der Waals surface area contributed by atoms with Crippen molar-refractivity contribution in [1.29, 1.82) is 0 Å². The van der Waals surface area contributed by atoms with E-state index in [0.717, 1.165) is 27.8 Å². The normalized spacial score (nSPS) is 10.7. The van der Waals surface area contributed by atoms with Crippen LogP contribution < -0.4 is 4.74 Å². The molecule has 1 N–H and O–H groups in total. The summed E-state index contributed by atoms with van der Waals surface area (Å²) in [7, 11) is 2.84. The number of methoxy groups -OCH3 is 2. The van der Waals surface area contributed by atoms with Crippen molar-refractivity contribution < 1.29 is 23.5 Å². The second-order valence-electron chi connectivity index (χ2n) is 4.99. The average Bonchev–Trinajstić information content (AvgIpc) is 3.20. The second kappa shape index (κ2) is 6.00. The van der Waals surface area contributed by atoms with E-state index in [4.69, 9.17) is 9.15 Å². The van der Waals surface area contributed by atoms with Gasteiger partial charge in [-0.2, -0.15) is 0 Å². The summed E-state index contributed by atoms with van der Waals surface area (Å²) in [6.45, 7) is 0. The lowest BCUT2D eigenvalue weighted by Gasteiger charge is -2.00. The molecule has 3 rings (SSSR count). The SMILES string of the molecule is COC(=O)CC(=O)c1cc(-c2c[nH]c3ccc(OC)cc23)co1. The predicted octanol–water partition coefficient (Wildman–Crippen LogP) is 3.18. The molecule has 0 aliphatic rings. The Morgan fingerprint density at radius 1 is 1.22 bits per heavy atom. The standard InChI is InChI=1S/C17H15NO5/c1-21-11-3-4-14-12(6-11)13(8-18-14)10-5-16(23-9-10)15(19)7-17(20)22-2/h3-6,8-9,18H,7H2,1-2H3. The minimum Gasteiger partial charge on any atom is -0.497 e. The number of carbonyl (C=O) groups is 2. The number of nitrogens with one attached hydrogen (secondary N) is 1. The van der Waals surface area contributed by atoms with Crippen molar-refractivity contribution >= 4 is 22.7 Å². The van der Waals surface area contributed by atoms with E-state index >= 15 is 0 Å². The van der Waals surface area contributed by atoms with Crippen LogP contribution in [0.5, 0.6) is 5.75 Å². The number of ketones is 1. The Morgan fingerprint density at radius 2 is 2.04 bits per heavy atom. The van der Waals surface area contributed by atoms with Crippen molar-refractivity contribution in [3.05, 3.63) is 42.5 Å². The van der Waals surface area contributed by atoms with Gasteiger partial charge in [0.2, 0.25) is 5.78 Å². The Morgan fingerprint density at radius 3 is 2.78 bits per heavy atom. The largest absolute Gasteiger partial charge is 0.497 e. The van der Waals surface area contributed by atoms with Gasteiger partial charge < -0.3 is 18.9 Å². The second-order valence-corrected chi connectivity index (χ2v) is 4.99. The smallest absolute Gasteiger partial charge is 0.313 e. The molecule has 0 saturated carbocycles. The van der Waals surface area contributed by atoms with E-state index in [2.05, 4.69) is 9.72 Å². The average molecular weight is 313 g/mol. The van der Waals surface area contributed by atoms with Crippen LogP contribution in [0.2, 0.25) is 0 Å². The first kappa shape index (κ1) is 14.9. The molecule has 0 radical (unpaired) electrons. The summed E-state index contributed by atoms with van der Waals surface area (Å²) >= 11 is 0. The van der Waals surface area contributed by atoms with Gasteiger partial charge in [-0.05, 0) is 24.3 Å². The molecule has 0 amide bonds. The summed E-state index contributed by atoms with van der Waals surface area (Å²) in [6, 6.07) is 7.31. The highest BCUT2D eigenvalue weighted by Gasteiger charge is 2.17.